The summed E-state index contributed by atoms with van der Waals surface area (Å²) >= 11 is 6.30. The fourth-order valence-electron chi connectivity index (χ4n) is 5.48. The van der Waals surface area contributed by atoms with Crippen molar-refractivity contribution in [1.82, 2.24) is 15.1 Å². The van der Waals surface area contributed by atoms with Crippen LogP contribution in [-0.4, -0.2) is 46.0 Å². The third-order valence-electron chi connectivity index (χ3n) is 7.40. The zero-order valence-electron chi connectivity index (χ0n) is 21.3. The number of carbonyl (C=O) groups excluding carboxylic acids is 2. The summed E-state index contributed by atoms with van der Waals surface area (Å²) < 4.78 is 97.5. The lowest BCUT2D eigenvalue weighted by Crippen LogP contribution is -2.48. The van der Waals surface area contributed by atoms with E-state index in [1.165, 1.54) is 12.1 Å². The first-order valence-corrected chi connectivity index (χ1v) is 12.8. The second kappa shape index (κ2) is 9.84. The van der Waals surface area contributed by atoms with Gasteiger partial charge in [-0.2, -0.15) is 18.3 Å². The number of nitrogens with one attached hydrogen (secondary N) is 2. The van der Waals surface area contributed by atoms with Crippen molar-refractivity contribution < 1.29 is 45.4 Å². The highest BCUT2D eigenvalue weighted by Gasteiger charge is 2.61. The highest BCUT2D eigenvalue weighted by atomic mass is 35.5. The minimum absolute atomic E-state index is 0.0135. The fraction of sp³-hybridized carbons (Fsp3) is 0.222. The molecule has 0 aliphatic carbocycles. The summed E-state index contributed by atoms with van der Waals surface area (Å²) in [5, 5.41) is 19.6. The van der Waals surface area contributed by atoms with Crippen molar-refractivity contribution >= 4 is 45.8 Å². The number of aromatic nitrogens is 2. The largest absolute Gasteiger partial charge is 0.423 e. The van der Waals surface area contributed by atoms with Crippen LogP contribution in [0.2, 0.25) is 5.02 Å². The summed E-state index contributed by atoms with van der Waals surface area (Å²) in [6, 6.07) is 4.26. The van der Waals surface area contributed by atoms with Crippen LogP contribution in [0.3, 0.4) is 0 Å². The predicted molar refractivity (Wildman–Crippen MR) is 139 cm³/mol. The maximum absolute atomic E-state index is 14.2. The molecule has 1 aromatic heterocycles. The molecule has 4 aromatic rings. The van der Waals surface area contributed by atoms with Crippen molar-refractivity contribution in [2.45, 2.75) is 30.8 Å². The number of alkyl halides is 5. The van der Waals surface area contributed by atoms with Crippen LogP contribution in [0, 0.1) is 11.6 Å². The molecule has 224 valence electrons. The minimum Gasteiger partial charge on any atom is -0.375 e. The molecule has 2 aliphatic heterocycles. The van der Waals surface area contributed by atoms with Gasteiger partial charge in [0.15, 0.2) is 0 Å². The Morgan fingerprint density at radius 1 is 1.16 bits per heavy atom. The Morgan fingerprint density at radius 2 is 1.86 bits per heavy atom. The van der Waals surface area contributed by atoms with Crippen molar-refractivity contribution in [3.8, 4) is 0 Å². The van der Waals surface area contributed by atoms with Gasteiger partial charge in [-0.05, 0) is 42.5 Å². The number of fused-ring (bicyclic) bond motifs is 4. The van der Waals surface area contributed by atoms with Crippen molar-refractivity contribution in [2.24, 2.45) is 0 Å². The van der Waals surface area contributed by atoms with E-state index in [0.717, 1.165) is 35.1 Å². The number of halogens is 8. The average molecular weight is 628 g/mol. The van der Waals surface area contributed by atoms with E-state index in [-0.39, 0.29) is 38.3 Å². The molecule has 0 saturated heterocycles. The summed E-state index contributed by atoms with van der Waals surface area (Å²) in [4.78, 5) is 27.3. The molecule has 0 spiro atoms. The van der Waals surface area contributed by atoms with Crippen molar-refractivity contribution in [3.05, 3.63) is 87.6 Å². The number of hydrogen-bond acceptors (Lipinski definition) is 4. The molecule has 3 amide bonds. The van der Waals surface area contributed by atoms with E-state index in [1.54, 1.807) is 0 Å². The second-order valence-electron chi connectivity index (χ2n) is 9.97. The molecule has 3 aromatic carbocycles. The molecule has 8 nitrogen and oxygen atoms in total. The Hall–Kier alpha value is -4.37. The molecular weight excluding hydrogens is 611 g/mol. The maximum atomic E-state index is 14.2. The molecule has 0 saturated carbocycles. The zero-order valence-corrected chi connectivity index (χ0v) is 22.1. The number of anilines is 2. The van der Waals surface area contributed by atoms with E-state index >= 15 is 0 Å². The molecule has 2 aliphatic rings. The normalized spacial score (nSPS) is 19.6. The van der Waals surface area contributed by atoms with Crippen LogP contribution in [0.5, 0.6) is 0 Å². The fourth-order valence-corrected chi connectivity index (χ4v) is 5.71. The quantitative estimate of drug-likeness (QED) is 0.247. The van der Waals surface area contributed by atoms with Gasteiger partial charge < -0.3 is 15.7 Å². The van der Waals surface area contributed by atoms with Gasteiger partial charge in [0.1, 0.15) is 18.2 Å². The monoisotopic (exact) mass is 627 g/mol. The second-order valence-corrected chi connectivity index (χ2v) is 10.4. The molecule has 2 atom stereocenters. The van der Waals surface area contributed by atoms with Crippen LogP contribution >= 0.6 is 11.6 Å². The van der Waals surface area contributed by atoms with Crippen molar-refractivity contribution in [2.75, 3.05) is 16.8 Å². The Morgan fingerprint density at radius 3 is 2.56 bits per heavy atom. The number of β-amino-alcohol motifs (C(OH)–C–C–N with tert-alkyl or cyclic N) is 1. The summed E-state index contributed by atoms with van der Waals surface area (Å²) in [5.41, 5.74) is -5.24. The lowest BCUT2D eigenvalue weighted by Gasteiger charge is -2.27. The SMILES string of the molecule is O=C1N[C@@H](c2cc(F)ccc2Cl)c2c(NC(=O)N3C[C@@](O)(C(F)(F)F)c4cc(F)ccc43)cc3c(cnn3CC(F)F)c21. The van der Waals surface area contributed by atoms with Gasteiger partial charge in [0.05, 0.1) is 41.2 Å². The third kappa shape index (κ3) is 4.54. The van der Waals surface area contributed by atoms with Gasteiger partial charge in [0.2, 0.25) is 5.60 Å². The number of amides is 3. The van der Waals surface area contributed by atoms with Crippen LogP contribution in [0.4, 0.5) is 46.9 Å². The molecular formula is C27H17ClF7N5O3. The first-order valence-electron chi connectivity index (χ1n) is 12.4. The number of hydrogen-bond donors (Lipinski definition) is 3. The predicted octanol–water partition coefficient (Wildman–Crippen LogP) is 5.87. The summed E-state index contributed by atoms with van der Waals surface area (Å²) in [6.07, 6.45) is -7.00. The van der Waals surface area contributed by atoms with Gasteiger partial charge in [-0.15, -0.1) is 0 Å². The number of benzene rings is 3. The van der Waals surface area contributed by atoms with Gasteiger partial charge in [0.25, 0.3) is 12.3 Å². The summed E-state index contributed by atoms with van der Waals surface area (Å²) in [5.74, 6) is -2.55. The highest BCUT2D eigenvalue weighted by molar-refractivity contribution is 6.31. The van der Waals surface area contributed by atoms with Gasteiger partial charge >= 0.3 is 12.2 Å². The Labute approximate surface area is 241 Å². The van der Waals surface area contributed by atoms with Crippen LogP contribution in [0.1, 0.15) is 33.1 Å². The molecule has 43 heavy (non-hydrogen) atoms. The van der Waals surface area contributed by atoms with Crippen molar-refractivity contribution in [1.29, 1.82) is 0 Å². The minimum atomic E-state index is -5.30. The van der Waals surface area contributed by atoms with Crippen LogP contribution in [0.25, 0.3) is 10.9 Å². The Balaban J connectivity index is 1.50. The average Bonchev–Trinajstić information content (AvgIpc) is 3.57. The lowest BCUT2D eigenvalue weighted by atomic mass is 9.94. The highest BCUT2D eigenvalue weighted by Crippen LogP contribution is 2.49. The van der Waals surface area contributed by atoms with E-state index in [1.807, 2.05) is 0 Å². The van der Waals surface area contributed by atoms with Crippen molar-refractivity contribution in [3.63, 3.8) is 0 Å². The molecule has 3 N–H and O–H groups in total. The molecule has 16 heteroatoms. The smallest absolute Gasteiger partial charge is 0.375 e. The lowest BCUT2D eigenvalue weighted by molar-refractivity contribution is -0.258. The zero-order chi connectivity index (χ0) is 31.0. The van der Waals surface area contributed by atoms with Gasteiger partial charge in [-0.1, -0.05) is 11.6 Å². The van der Waals surface area contributed by atoms with E-state index in [9.17, 15) is 45.4 Å². The first-order chi connectivity index (χ1) is 20.2. The number of urea groups is 1. The third-order valence-corrected chi connectivity index (χ3v) is 7.74. The van der Waals surface area contributed by atoms with Crippen LogP contribution in [0.15, 0.2) is 48.7 Å². The molecule has 0 fully saturated rings. The molecule has 3 heterocycles. The van der Waals surface area contributed by atoms with Gasteiger partial charge in [0, 0.05) is 27.1 Å². The number of carbonyl (C=O) groups is 2. The first kappa shape index (κ1) is 28.7. The topological polar surface area (TPSA) is 99.5 Å². The summed E-state index contributed by atoms with van der Waals surface area (Å²) in [7, 11) is 0. The Kier molecular flexibility index (Phi) is 6.58. The summed E-state index contributed by atoms with van der Waals surface area (Å²) in [6.45, 7) is -2.23. The molecule has 0 radical (unpaired) electrons. The molecule has 6 rings (SSSR count). The Bertz CT molecular complexity index is 1830. The van der Waals surface area contributed by atoms with E-state index < -0.39 is 72.2 Å². The number of aliphatic hydroxyl groups is 1. The molecule has 0 bridgehead atoms. The maximum Gasteiger partial charge on any atom is 0.423 e. The molecule has 0 unspecified atom stereocenters. The van der Waals surface area contributed by atoms with Crippen LogP contribution < -0.4 is 15.5 Å². The number of rotatable bonds is 4. The van der Waals surface area contributed by atoms with Crippen LogP contribution in [-0.2, 0) is 12.1 Å². The van der Waals surface area contributed by atoms with E-state index in [4.69, 9.17) is 11.6 Å². The van der Waals surface area contributed by atoms with E-state index in [0.29, 0.717) is 11.0 Å². The number of nitrogens with zero attached hydrogens (tertiary/aromatic N) is 3. The standard InChI is InChI=1S/C27H17ClF7N5O3/c28-16-3-1-11(29)5-13(16)23-22-17(7-19-14(21(22)24(41)38-23)8-36-40(19)9-20(31)32)37-25(42)39-10-26(43,27(33,34)35)15-6-12(30)2-4-18(15)39/h1-8,20,23,43H,9-10H2,(H,37,42)(H,38,41)/t23-,26-/m0/s1. The van der Waals surface area contributed by atoms with E-state index in [2.05, 4.69) is 15.7 Å². The van der Waals surface area contributed by atoms with Gasteiger partial charge in [-0.3, -0.25) is 14.4 Å². The van der Waals surface area contributed by atoms with Gasteiger partial charge in [-0.25, -0.2) is 22.4 Å².